The zero-order valence-electron chi connectivity index (χ0n) is 20.2. The number of hydrogen-bond acceptors (Lipinski definition) is 7. The first-order valence-corrected chi connectivity index (χ1v) is 11.9. The van der Waals surface area contributed by atoms with Crippen molar-refractivity contribution in [2.75, 3.05) is 0 Å². The molecule has 0 amide bonds. The second-order valence-electron chi connectivity index (χ2n) is 10.8. The molecule has 3 aliphatic rings. The maximum Gasteiger partial charge on any atom is 0.330 e. The molecule has 0 saturated carbocycles. The molecule has 35 heavy (non-hydrogen) atoms. The number of halogens is 1. The smallest absolute Gasteiger partial charge is 0.330 e. The number of carbonyl (C=O) groups excluding carboxylic acids is 3. The lowest BCUT2D eigenvalue weighted by atomic mass is 9.64. The zero-order valence-corrected chi connectivity index (χ0v) is 21.0. The van der Waals surface area contributed by atoms with E-state index in [1.54, 1.807) is 56.3 Å². The Morgan fingerprint density at radius 1 is 0.971 bits per heavy atom. The summed E-state index contributed by atoms with van der Waals surface area (Å²) < 4.78 is 11.5. The molecule has 0 N–H and O–H groups in total. The van der Waals surface area contributed by atoms with E-state index in [0.29, 0.717) is 16.1 Å². The minimum absolute atomic E-state index is 0.175. The fraction of sp³-hybridized carbons (Fsp3) is 0.407. The summed E-state index contributed by atoms with van der Waals surface area (Å²) in [5, 5.41) is 6.56. The average Bonchev–Trinajstić information content (AvgIpc) is 3.08. The summed E-state index contributed by atoms with van der Waals surface area (Å²) >= 11 is 6.67. The van der Waals surface area contributed by atoms with E-state index in [1.807, 2.05) is 24.3 Å². The van der Waals surface area contributed by atoms with E-state index in [9.17, 15) is 14.4 Å². The number of fused-ring (bicyclic) bond motifs is 4. The molecule has 0 unspecified atom stereocenters. The number of esters is 2. The summed E-state index contributed by atoms with van der Waals surface area (Å²) in [4.78, 5) is 42.2. The lowest BCUT2D eigenvalue weighted by Gasteiger charge is -2.44. The van der Waals surface area contributed by atoms with Crippen molar-refractivity contribution in [3.05, 3.63) is 70.2 Å². The van der Waals surface area contributed by atoms with Gasteiger partial charge in [0.05, 0.1) is 6.21 Å². The van der Waals surface area contributed by atoms with Crippen LogP contribution in [-0.2, 0) is 23.9 Å². The van der Waals surface area contributed by atoms with Gasteiger partial charge >= 0.3 is 11.9 Å². The first-order valence-electron chi connectivity index (χ1n) is 11.6. The van der Waals surface area contributed by atoms with Crippen molar-refractivity contribution in [1.29, 1.82) is 0 Å². The second kappa shape index (κ2) is 7.65. The van der Waals surface area contributed by atoms with Gasteiger partial charge in [-0.15, -0.1) is 0 Å². The van der Waals surface area contributed by atoms with E-state index in [2.05, 4.69) is 5.10 Å². The highest BCUT2D eigenvalue weighted by Crippen LogP contribution is 2.63. The van der Waals surface area contributed by atoms with Crippen LogP contribution in [0.1, 0.15) is 63.3 Å². The highest BCUT2D eigenvalue weighted by Gasteiger charge is 2.75. The van der Waals surface area contributed by atoms with Gasteiger partial charge in [-0.25, -0.2) is 0 Å². The van der Waals surface area contributed by atoms with Crippen molar-refractivity contribution in [2.45, 2.75) is 58.4 Å². The summed E-state index contributed by atoms with van der Waals surface area (Å²) in [5.41, 5.74) is -0.765. The minimum Gasteiger partial charge on any atom is -0.422 e. The van der Waals surface area contributed by atoms with Gasteiger partial charge in [0.1, 0.15) is 12.1 Å². The summed E-state index contributed by atoms with van der Waals surface area (Å²) in [6.07, 6.45) is 1.65. The summed E-state index contributed by atoms with van der Waals surface area (Å²) in [6, 6.07) is 12.4. The number of ether oxygens (including phenoxy) is 2. The number of nitrogens with zero attached hydrogens (tertiary/aromatic N) is 2. The summed E-state index contributed by atoms with van der Waals surface area (Å²) in [5.74, 6) is -4.12. The van der Waals surface area contributed by atoms with Gasteiger partial charge in [-0.05, 0) is 22.8 Å². The molecular weight excluding hydrogens is 468 g/mol. The second-order valence-corrected chi connectivity index (χ2v) is 11.2. The van der Waals surface area contributed by atoms with Crippen LogP contribution in [0.2, 0.25) is 5.02 Å². The van der Waals surface area contributed by atoms with E-state index in [1.165, 1.54) is 13.8 Å². The molecule has 7 nitrogen and oxygen atoms in total. The highest BCUT2D eigenvalue weighted by atomic mass is 35.5. The molecule has 3 aliphatic heterocycles. The number of ketones is 1. The number of Topliss-reactive ketones (excluding diaryl/α,β-unsaturated/α-hetero) is 1. The van der Waals surface area contributed by atoms with Crippen molar-refractivity contribution in [3.8, 4) is 0 Å². The molecule has 2 saturated heterocycles. The molecule has 2 aromatic rings. The van der Waals surface area contributed by atoms with Crippen LogP contribution in [0.4, 0.5) is 0 Å². The Morgan fingerprint density at radius 2 is 1.54 bits per heavy atom. The number of rotatable bonds is 2. The SMILES string of the molecule is CC1(C)OC(=O)C2(C(=O)O1)[C@H](c1ccccc1Cl)[C@H](C(=O)C(C)(C)C)N1N=Cc3ccccc3[C@H]12. The molecule has 0 aliphatic carbocycles. The van der Waals surface area contributed by atoms with Gasteiger partial charge < -0.3 is 9.47 Å². The Morgan fingerprint density at radius 3 is 2.14 bits per heavy atom. The third-order valence-electron chi connectivity index (χ3n) is 7.01. The lowest BCUT2D eigenvalue weighted by Crippen LogP contribution is -2.58. The molecule has 3 atom stereocenters. The van der Waals surface area contributed by atoms with Crippen molar-refractivity contribution >= 4 is 35.5 Å². The standard InChI is InChI=1S/C27H27ClN2O5/c1-25(2,3)22(31)20-19(17-12-8-9-13-18(17)28)27(23(32)34-26(4,5)35-24(27)33)21-16-11-7-6-10-15(16)14-29-30(20)21/h6-14,19-21H,1-5H3/t19-,20-,21+/m1/s1. The molecule has 0 aromatic heterocycles. The van der Waals surface area contributed by atoms with Gasteiger partial charge in [0.15, 0.2) is 5.78 Å². The minimum atomic E-state index is -1.90. The fourth-order valence-corrected chi connectivity index (χ4v) is 5.78. The molecule has 2 aromatic carbocycles. The van der Waals surface area contributed by atoms with Gasteiger partial charge in [-0.1, -0.05) is 74.8 Å². The quantitative estimate of drug-likeness (QED) is 0.447. The predicted molar refractivity (Wildman–Crippen MR) is 130 cm³/mol. The lowest BCUT2D eigenvalue weighted by molar-refractivity contribution is -0.254. The molecule has 1 spiro atoms. The maximum atomic E-state index is 14.1. The normalized spacial score (nSPS) is 26.1. The van der Waals surface area contributed by atoms with Crippen molar-refractivity contribution in [2.24, 2.45) is 15.9 Å². The third-order valence-corrected chi connectivity index (χ3v) is 7.35. The van der Waals surface area contributed by atoms with Gasteiger partial charge in [0.2, 0.25) is 5.41 Å². The number of cyclic esters (lactones) is 2. The Hall–Kier alpha value is -3.19. The van der Waals surface area contributed by atoms with Crippen molar-refractivity contribution in [3.63, 3.8) is 0 Å². The first-order chi connectivity index (χ1) is 16.4. The highest BCUT2D eigenvalue weighted by molar-refractivity contribution is 6.31. The Kier molecular flexibility index (Phi) is 5.15. The monoisotopic (exact) mass is 494 g/mol. The van der Waals surface area contributed by atoms with E-state index >= 15 is 0 Å². The van der Waals surface area contributed by atoms with Crippen LogP contribution in [0.15, 0.2) is 53.6 Å². The summed E-state index contributed by atoms with van der Waals surface area (Å²) in [6.45, 7) is 8.44. The molecule has 182 valence electrons. The van der Waals surface area contributed by atoms with Crippen molar-refractivity contribution in [1.82, 2.24) is 5.01 Å². The molecule has 2 fully saturated rings. The number of carbonyl (C=O) groups is 3. The third kappa shape index (κ3) is 3.32. The van der Waals surface area contributed by atoms with Crippen LogP contribution in [-0.4, -0.2) is 40.8 Å². The number of benzene rings is 2. The average molecular weight is 495 g/mol. The van der Waals surface area contributed by atoms with E-state index in [0.717, 1.165) is 5.56 Å². The van der Waals surface area contributed by atoms with Crippen LogP contribution >= 0.6 is 11.6 Å². The van der Waals surface area contributed by atoms with E-state index in [4.69, 9.17) is 21.1 Å². The molecule has 8 heteroatoms. The zero-order chi connectivity index (χ0) is 25.3. The van der Waals surface area contributed by atoms with E-state index < -0.39 is 46.6 Å². The van der Waals surface area contributed by atoms with Crippen LogP contribution in [0.5, 0.6) is 0 Å². The van der Waals surface area contributed by atoms with Gasteiger partial charge in [0, 0.05) is 30.2 Å². The maximum absolute atomic E-state index is 14.1. The Bertz CT molecular complexity index is 1260. The molecule has 0 radical (unpaired) electrons. The molecule has 3 heterocycles. The van der Waals surface area contributed by atoms with Crippen LogP contribution in [0.25, 0.3) is 0 Å². The van der Waals surface area contributed by atoms with Crippen LogP contribution in [0.3, 0.4) is 0 Å². The van der Waals surface area contributed by atoms with E-state index in [-0.39, 0.29) is 5.78 Å². The molecule has 5 rings (SSSR count). The Balaban J connectivity index is 1.87. The Labute approximate surface area is 209 Å². The van der Waals surface area contributed by atoms with Gasteiger partial charge in [-0.3, -0.25) is 19.4 Å². The van der Waals surface area contributed by atoms with Crippen LogP contribution < -0.4 is 0 Å². The molecular formula is C27H27ClN2O5. The fourth-order valence-electron chi connectivity index (χ4n) is 5.53. The number of hydrogen-bond donors (Lipinski definition) is 0. The summed E-state index contributed by atoms with van der Waals surface area (Å²) in [7, 11) is 0. The largest absolute Gasteiger partial charge is 0.422 e. The van der Waals surface area contributed by atoms with Crippen LogP contribution in [0, 0.1) is 10.8 Å². The topological polar surface area (TPSA) is 85.3 Å². The van der Waals surface area contributed by atoms with Gasteiger partial charge in [0.25, 0.3) is 5.79 Å². The van der Waals surface area contributed by atoms with Crippen molar-refractivity contribution < 1.29 is 23.9 Å². The number of hydrazone groups is 1. The molecule has 0 bridgehead atoms. The predicted octanol–water partition coefficient (Wildman–Crippen LogP) is 4.63. The van der Waals surface area contributed by atoms with Gasteiger partial charge in [-0.2, -0.15) is 5.10 Å². The first kappa shape index (κ1) is 23.5.